The Morgan fingerprint density at radius 3 is 2.67 bits per heavy atom. The molecule has 0 aliphatic rings. The molecule has 2 aromatic rings. The zero-order valence-electron chi connectivity index (χ0n) is 14.3. The Morgan fingerprint density at radius 2 is 2.00 bits per heavy atom. The average Bonchev–Trinajstić information content (AvgIpc) is 3.08. The van der Waals surface area contributed by atoms with Crippen molar-refractivity contribution in [3.05, 3.63) is 53.3 Å². The zero-order chi connectivity index (χ0) is 17.5. The first-order valence-electron chi connectivity index (χ1n) is 8.05. The van der Waals surface area contributed by atoms with Crippen LogP contribution in [0.2, 0.25) is 0 Å². The van der Waals surface area contributed by atoms with Crippen LogP contribution in [0.25, 0.3) is 0 Å². The predicted molar refractivity (Wildman–Crippen MR) is 90.5 cm³/mol. The molecular formula is C18H23N3O3. The van der Waals surface area contributed by atoms with E-state index in [9.17, 15) is 9.59 Å². The minimum atomic E-state index is -0.595. The van der Waals surface area contributed by atoms with Crippen LogP contribution < -0.4 is 0 Å². The van der Waals surface area contributed by atoms with Gasteiger partial charge in [0.1, 0.15) is 0 Å². The monoisotopic (exact) mass is 329 g/mol. The number of H-pyrrole nitrogens is 1. The molecule has 0 aliphatic carbocycles. The normalized spacial score (nSPS) is 11.8. The molecule has 1 amide bonds. The maximum Gasteiger partial charge on any atom is 0.359 e. The number of esters is 1. The third-order valence-electron chi connectivity index (χ3n) is 3.94. The summed E-state index contributed by atoms with van der Waals surface area (Å²) < 4.78 is 5.08. The molecule has 1 unspecified atom stereocenters. The van der Waals surface area contributed by atoms with Crippen LogP contribution in [-0.4, -0.2) is 40.6 Å². The first kappa shape index (κ1) is 17.7. The van der Waals surface area contributed by atoms with Crippen LogP contribution in [0, 0.1) is 0 Å². The van der Waals surface area contributed by atoms with E-state index in [0.29, 0.717) is 0 Å². The average molecular weight is 329 g/mol. The fourth-order valence-electron chi connectivity index (χ4n) is 2.34. The number of ether oxygens (including phenoxy) is 1. The van der Waals surface area contributed by atoms with Gasteiger partial charge in [-0.2, -0.15) is 5.10 Å². The van der Waals surface area contributed by atoms with Crippen molar-refractivity contribution >= 4 is 11.9 Å². The van der Waals surface area contributed by atoms with E-state index in [1.165, 1.54) is 0 Å². The highest BCUT2D eigenvalue weighted by molar-refractivity contribution is 5.89. The minimum Gasteiger partial charge on any atom is -0.451 e. The van der Waals surface area contributed by atoms with E-state index >= 15 is 0 Å². The number of aromatic amines is 1. The second kappa shape index (κ2) is 8.29. The van der Waals surface area contributed by atoms with Crippen molar-refractivity contribution in [2.24, 2.45) is 0 Å². The third kappa shape index (κ3) is 4.44. The van der Waals surface area contributed by atoms with Gasteiger partial charge >= 0.3 is 5.97 Å². The van der Waals surface area contributed by atoms with Crippen LogP contribution in [0.4, 0.5) is 0 Å². The summed E-state index contributed by atoms with van der Waals surface area (Å²) in [6.45, 7) is 3.67. The quantitative estimate of drug-likeness (QED) is 0.793. The number of aromatic nitrogens is 2. The summed E-state index contributed by atoms with van der Waals surface area (Å²) >= 11 is 0. The highest BCUT2D eigenvalue weighted by Crippen LogP contribution is 2.18. The van der Waals surface area contributed by atoms with Gasteiger partial charge in [-0.1, -0.05) is 43.7 Å². The standard InChI is InChI=1S/C18H23N3O3/c1-4-8-15-11-16(20-19-15)18(23)24-12-17(22)21(3)13(2)14-9-6-5-7-10-14/h5-7,9-11,13H,4,8,12H2,1-3H3,(H,19,20). The molecule has 0 radical (unpaired) electrons. The smallest absolute Gasteiger partial charge is 0.359 e. The summed E-state index contributed by atoms with van der Waals surface area (Å²) in [4.78, 5) is 25.7. The summed E-state index contributed by atoms with van der Waals surface area (Å²) in [5.41, 5.74) is 2.10. The number of likely N-dealkylation sites (N-methyl/N-ethyl adjacent to an activating group) is 1. The van der Waals surface area contributed by atoms with E-state index in [4.69, 9.17) is 4.74 Å². The molecule has 0 spiro atoms. The fourth-order valence-corrected chi connectivity index (χ4v) is 2.34. The number of amides is 1. The minimum absolute atomic E-state index is 0.0982. The molecule has 2 rings (SSSR count). The number of aryl methyl sites for hydroxylation is 1. The largest absolute Gasteiger partial charge is 0.451 e. The SMILES string of the molecule is CCCc1cc(C(=O)OCC(=O)N(C)C(C)c2ccccc2)n[nH]1. The molecular weight excluding hydrogens is 306 g/mol. The van der Waals surface area contributed by atoms with Gasteiger partial charge in [-0.15, -0.1) is 0 Å². The molecule has 0 fully saturated rings. The van der Waals surface area contributed by atoms with Crippen LogP contribution in [0.3, 0.4) is 0 Å². The molecule has 0 aliphatic heterocycles. The van der Waals surface area contributed by atoms with Gasteiger partial charge in [-0.25, -0.2) is 4.79 Å². The van der Waals surface area contributed by atoms with Crippen LogP contribution in [0.5, 0.6) is 0 Å². The van der Waals surface area contributed by atoms with Gasteiger partial charge in [0.05, 0.1) is 6.04 Å². The number of nitrogens with zero attached hydrogens (tertiary/aromatic N) is 2. The maximum absolute atomic E-state index is 12.2. The lowest BCUT2D eigenvalue weighted by Crippen LogP contribution is -2.33. The molecule has 0 saturated carbocycles. The lowest BCUT2D eigenvalue weighted by molar-refractivity contribution is -0.135. The molecule has 1 N–H and O–H groups in total. The van der Waals surface area contributed by atoms with Gasteiger partial charge < -0.3 is 9.64 Å². The Hall–Kier alpha value is -2.63. The molecule has 0 bridgehead atoms. The number of carbonyl (C=O) groups is 2. The first-order valence-corrected chi connectivity index (χ1v) is 8.05. The Kier molecular flexibility index (Phi) is 6.12. The van der Waals surface area contributed by atoms with Crippen LogP contribution in [0.1, 0.15) is 48.1 Å². The van der Waals surface area contributed by atoms with Crippen LogP contribution in [-0.2, 0) is 16.0 Å². The Labute approximate surface area is 141 Å². The molecule has 6 nitrogen and oxygen atoms in total. The van der Waals surface area contributed by atoms with Crippen molar-refractivity contribution in [1.82, 2.24) is 15.1 Å². The molecule has 0 saturated heterocycles. The van der Waals surface area contributed by atoms with Gasteiger partial charge in [0.15, 0.2) is 12.3 Å². The third-order valence-corrected chi connectivity index (χ3v) is 3.94. The second-order valence-corrected chi connectivity index (χ2v) is 5.70. The number of hydrogen-bond donors (Lipinski definition) is 1. The summed E-state index contributed by atoms with van der Waals surface area (Å²) in [6, 6.07) is 11.3. The second-order valence-electron chi connectivity index (χ2n) is 5.70. The van der Waals surface area contributed by atoms with E-state index in [1.54, 1.807) is 18.0 Å². The molecule has 128 valence electrons. The molecule has 6 heteroatoms. The van der Waals surface area contributed by atoms with Crippen molar-refractivity contribution in [2.45, 2.75) is 32.7 Å². The van der Waals surface area contributed by atoms with E-state index in [-0.39, 0.29) is 24.2 Å². The lowest BCUT2D eigenvalue weighted by Gasteiger charge is -2.25. The molecule has 1 atom stereocenters. The van der Waals surface area contributed by atoms with E-state index in [2.05, 4.69) is 10.2 Å². The molecule has 24 heavy (non-hydrogen) atoms. The van der Waals surface area contributed by atoms with E-state index in [0.717, 1.165) is 24.1 Å². The summed E-state index contributed by atoms with van der Waals surface area (Å²) in [6.07, 6.45) is 1.77. The number of rotatable bonds is 7. The first-order chi connectivity index (χ1) is 11.5. The fraction of sp³-hybridized carbons (Fsp3) is 0.389. The zero-order valence-corrected chi connectivity index (χ0v) is 14.3. The Bertz CT molecular complexity index is 682. The van der Waals surface area contributed by atoms with Gasteiger partial charge in [-0.05, 0) is 25.0 Å². The summed E-state index contributed by atoms with van der Waals surface area (Å²) in [7, 11) is 1.70. The molecule has 1 aromatic carbocycles. The van der Waals surface area contributed by atoms with Gasteiger partial charge in [0.25, 0.3) is 5.91 Å². The molecule has 1 heterocycles. The van der Waals surface area contributed by atoms with Crippen molar-refractivity contribution < 1.29 is 14.3 Å². The highest BCUT2D eigenvalue weighted by atomic mass is 16.5. The summed E-state index contributed by atoms with van der Waals surface area (Å²) in [5, 5.41) is 6.71. The number of nitrogens with one attached hydrogen (secondary N) is 1. The van der Waals surface area contributed by atoms with E-state index < -0.39 is 5.97 Å². The number of carbonyl (C=O) groups excluding carboxylic acids is 2. The lowest BCUT2D eigenvalue weighted by atomic mass is 10.1. The Balaban J connectivity index is 1.88. The maximum atomic E-state index is 12.2. The van der Waals surface area contributed by atoms with Crippen molar-refractivity contribution in [3.63, 3.8) is 0 Å². The number of benzene rings is 1. The topological polar surface area (TPSA) is 75.3 Å². The Morgan fingerprint density at radius 1 is 1.29 bits per heavy atom. The van der Waals surface area contributed by atoms with Crippen LogP contribution in [0.15, 0.2) is 36.4 Å². The van der Waals surface area contributed by atoms with Gasteiger partial charge in [-0.3, -0.25) is 9.89 Å². The summed E-state index contributed by atoms with van der Waals surface area (Å²) in [5.74, 6) is -0.855. The highest BCUT2D eigenvalue weighted by Gasteiger charge is 2.20. The van der Waals surface area contributed by atoms with Crippen LogP contribution >= 0.6 is 0 Å². The van der Waals surface area contributed by atoms with Gasteiger partial charge in [0, 0.05) is 12.7 Å². The van der Waals surface area contributed by atoms with Crippen molar-refractivity contribution in [3.8, 4) is 0 Å². The van der Waals surface area contributed by atoms with Crippen molar-refractivity contribution in [2.75, 3.05) is 13.7 Å². The molecule has 1 aromatic heterocycles. The van der Waals surface area contributed by atoms with E-state index in [1.807, 2.05) is 44.2 Å². The van der Waals surface area contributed by atoms with Gasteiger partial charge in [0.2, 0.25) is 0 Å². The number of hydrogen-bond acceptors (Lipinski definition) is 4. The van der Waals surface area contributed by atoms with Crippen molar-refractivity contribution in [1.29, 1.82) is 0 Å². The predicted octanol–water partition coefficient (Wildman–Crippen LogP) is 2.74.